The molecule has 0 atom stereocenters. The molecule has 2 aliphatic rings. The Kier molecular flexibility index (Phi) is 7.19. The van der Waals surface area contributed by atoms with Crippen LogP contribution in [0.5, 0.6) is 0 Å². The molecule has 0 amide bonds. The van der Waals surface area contributed by atoms with Crippen LogP contribution in [0.1, 0.15) is 65.7 Å². The summed E-state index contributed by atoms with van der Waals surface area (Å²) < 4.78 is 5.52. The molecular weight excluding hydrogens is 286 g/mol. The minimum atomic E-state index is 0.460. The molecule has 4 heteroatoms. The number of nitrogens with one attached hydrogen (secondary N) is 2. The molecule has 2 saturated carbocycles. The fourth-order valence-electron chi connectivity index (χ4n) is 3.71. The van der Waals surface area contributed by atoms with Crippen molar-refractivity contribution in [1.82, 2.24) is 10.6 Å². The topological polar surface area (TPSA) is 45.6 Å². The van der Waals surface area contributed by atoms with Gasteiger partial charge in [-0.1, -0.05) is 13.8 Å². The Morgan fingerprint density at radius 1 is 1.22 bits per heavy atom. The number of hydrogen-bond acceptors (Lipinski definition) is 2. The van der Waals surface area contributed by atoms with Crippen LogP contribution < -0.4 is 10.6 Å². The molecule has 0 aromatic heterocycles. The van der Waals surface area contributed by atoms with Gasteiger partial charge < -0.3 is 15.4 Å². The summed E-state index contributed by atoms with van der Waals surface area (Å²) in [5.74, 6) is 2.73. The van der Waals surface area contributed by atoms with E-state index in [0.29, 0.717) is 11.5 Å². The molecule has 0 aromatic rings. The van der Waals surface area contributed by atoms with Crippen LogP contribution in [0.25, 0.3) is 0 Å². The molecule has 0 saturated heterocycles. The Morgan fingerprint density at radius 2 is 1.91 bits per heavy atom. The summed E-state index contributed by atoms with van der Waals surface area (Å²) in [7, 11) is 1.88. The molecule has 2 fully saturated rings. The van der Waals surface area contributed by atoms with Gasteiger partial charge in [0.25, 0.3) is 0 Å². The van der Waals surface area contributed by atoms with E-state index in [9.17, 15) is 0 Å². The summed E-state index contributed by atoms with van der Waals surface area (Å²) in [6.45, 7) is 9.53. The van der Waals surface area contributed by atoms with Crippen molar-refractivity contribution in [3.05, 3.63) is 0 Å². The van der Waals surface area contributed by atoms with Crippen molar-refractivity contribution in [1.29, 1.82) is 0 Å². The first-order chi connectivity index (χ1) is 11.1. The van der Waals surface area contributed by atoms with Crippen LogP contribution in [0.15, 0.2) is 4.99 Å². The summed E-state index contributed by atoms with van der Waals surface area (Å²) in [5, 5.41) is 7.20. The highest BCUT2D eigenvalue weighted by Crippen LogP contribution is 2.48. The highest BCUT2D eigenvalue weighted by atomic mass is 16.5. The van der Waals surface area contributed by atoms with Crippen molar-refractivity contribution < 1.29 is 4.74 Å². The van der Waals surface area contributed by atoms with Crippen LogP contribution in [-0.4, -0.2) is 38.8 Å². The monoisotopic (exact) mass is 323 g/mol. The van der Waals surface area contributed by atoms with Gasteiger partial charge in [0.05, 0.1) is 0 Å². The Labute approximate surface area is 142 Å². The minimum Gasteiger partial charge on any atom is -0.382 e. The number of nitrogens with zero attached hydrogens (tertiary/aromatic N) is 1. The van der Waals surface area contributed by atoms with Crippen LogP contribution in [0.3, 0.4) is 0 Å². The highest BCUT2D eigenvalue weighted by Gasteiger charge is 2.42. The molecule has 2 aliphatic carbocycles. The third-order valence-electron chi connectivity index (χ3n) is 5.85. The second-order valence-corrected chi connectivity index (χ2v) is 7.87. The minimum absolute atomic E-state index is 0.460. The van der Waals surface area contributed by atoms with E-state index in [2.05, 4.69) is 36.4 Å². The lowest BCUT2D eigenvalue weighted by Gasteiger charge is -2.32. The lowest BCUT2D eigenvalue weighted by atomic mass is 9.80. The number of guanidine groups is 1. The molecule has 0 aromatic carbocycles. The Hall–Kier alpha value is -0.770. The van der Waals surface area contributed by atoms with Crippen molar-refractivity contribution in [2.75, 3.05) is 26.8 Å². The van der Waals surface area contributed by atoms with Crippen molar-refractivity contribution in [3.8, 4) is 0 Å². The molecule has 23 heavy (non-hydrogen) atoms. The lowest BCUT2D eigenvalue weighted by Crippen LogP contribution is -2.46. The van der Waals surface area contributed by atoms with Crippen molar-refractivity contribution in [2.24, 2.45) is 22.2 Å². The van der Waals surface area contributed by atoms with E-state index in [0.717, 1.165) is 37.6 Å². The van der Waals surface area contributed by atoms with Gasteiger partial charge in [-0.3, -0.25) is 4.99 Å². The normalized spacial score (nSPS) is 27.1. The maximum absolute atomic E-state index is 5.52. The van der Waals surface area contributed by atoms with Crippen LogP contribution in [-0.2, 0) is 4.74 Å². The van der Waals surface area contributed by atoms with Gasteiger partial charge in [0.2, 0.25) is 0 Å². The van der Waals surface area contributed by atoms with E-state index in [-0.39, 0.29) is 0 Å². The van der Waals surface area contributed by atoms with Gasteiger partial charge in [0.1, 0.15) is 0 Å². The number of rotatable bonds is 8. The lowest BCUT2D eigenvalue weighted by molar-refractivity contribution is 0.128. The molecule has 0 radical (unpaired) electrons. The number of hydrogen-bond donors (Lipinski definition) is 2. The molecular formula is C19H37N3O. The van der Waals surface area contributed by atoms with E-state index in [4.69, 9.17) is 4.74 Å². The summed E-state index contributed by atoms with van der Waals surface area (Å²) >= 11 is 0. The Bertz CT molecular complexity index is 369. The first kappa shape index (κ1) is 18.6. The smallest absolute Gasteiger partial charge is 0.191 e. The highest BCUT2D eigenvalue weighted by molar-refractivity contribution is 5.80. The summed E-state index contributed by atoms with van der Waals surface area (Å²) in [4.78, 5) is 4.43. The van der Waals surface area contributed by atoms with Gasteiger partial charge >= 0.3 is 0 Å². The molecule has 0 bridgehead atoms. The van der Waals surface area contributed by atoms with Gasteiger partial charge in [-0.05, 0) is 69.1 Å². The van der Waals surface area contributed by atoms with Gasteiger partial charge in [-0.25, -0.2) is 0 Å². The van der Waals surface area contributed by atoms with Gasteiger partial charge in [0.15, 0.2) is 5.96 Å². The average molecular weight is 324 g/mol. The summed E-state index contributed by atoms with van der Waals surface area (Å²) in [6, 6.07) is 0.592. The Morgan fingerprint density at radius 3 is 2.43 bits per heavy atom. The van der Waals surface area contributed by atoms with Crippen molar-refractivity contribution in [2.45, 2.75) is 71.8 Å². The zero-order valence-electron chi connectivity index (χ0n) is 15.7. The van der Waals surface area contributed by atoms with Gasteiger partial charge in [-0.15, -0.1) is 0 Å². The second-order valence-electron chi connectivity index (χ2n) is 7.87. The SMILES string of the molecule is CCOCCC1(CNC(=NC)NC2CCC(C(C)C)CC2)CC1. The third-order valence-corrected chi connectivity index (χ3v) is 5.85. The number of aliphatic imine (C=N–C) groups is 1. The van der Waals surface area contributed by atoms with E-state index in [1.165, 1.54) is 44.9 Å². The zero-order valence-corrected chi connectivity index (χ0v) is 15.7. The largest absolute Gasteiger partial charge is 0.382 e. The predicted molar refractivity (Wildman–Crippen MR) is 97.9 cm³/mol. The quantitative estimate of drug-likeness (QED) is 0.408. The fourth-order valence-corrected chi connectivity index (χ4v) is 3.71. The van der Waals surface area contributed by atoms with Gasteiger partial charge in [0, 0.05) is 32.8 Å². The first-order valence-electron chi connectivity index (χ1n) is 9.63. The molecule has 0 heterocycles. The maximum Gasteiger partial charge on any atom is 0.191 e. The van der Waals surface area contributed by atoms with Crippen LogP contribution in [0.4, 0.5) is 0 Å². The average Bonchev–Trinajstić information content (AvgIpc) is 3.32. The zero-order chi connectivity index (χ0) is 16.7. The summed E-state index contributed by atoms with van der Waals surface area (Å²) in [5.41, 5.74) is 0.460. The van der Waals surface area contributed by atoms with E-state index in [1.807, 2.05) is 7.05 Å². The predicted octanol–water partition coefficient (Wildman–Crippen LogP) is 3.57. The Balaban J connectivity index is 1.68. The fraction of sp³-hybridized carbons (Fsp3) is 0.947. The summed E-state index contributed by atoms with van der Waals surface area (Å²) in [6.07, 6.45) is 9.07. The van der Waals surface area contributed by atoms with E-state index < -0.39 is 0 Å². The molecule has 2 rings (SSSR count). The molecule has 0 aliphatic heterocycles. The van der Waals surface area contributed by atoms with Crippen LogP contribution >= 0.6 is 0 Å². The third kappa shape index (κ3) is 5.98. The molecule has 2 N–H and O–H groups in total. The molecule has 0 unspecified atom stereocenters. The first-order valence-corrected chi connectivity index (χ1v) is 9.63. The molecule has 0 spiro atoms. The molecule has 134 valence electrons. The van der Waals surface area contributed by atoms with Crippen molar-refractivity contribution >= 4 is 5.96 Å². The van der Waals surface area contributed by atoms with E-state index >= 15 is 0 Å². The van der Waals surface area contributed by atoms with Crippen molar-refractivity contribution in [3.63, 3.8) is 0 Å². The van der Waals surface area contributed by atoms with E-state index in [1.54, 1.807) is 0 Å². The number of ether oxygens (including phenoxy) is 1. The molecule has 4 nitrogen and oxygen atoms in total. The second kappa shape index (κ2) is 8.91. The van der Waals surface area contributed by atoms with Gasteiger partial charge in [-0.2, -0.15) is 0 Å². The standard InChI is InChI=1S/C19H37N3O/c1-5-23-13-12-19(10-11-19)14-21-18(20-4)22-17-8-6-16(7-9-17)15(2)3/h15-17H,5-14H2,1-4H3,(H2,20,21,22). The van der Waals surface area contributed by atoms with Crippen LogP contribution in [0.2, 0.25) is 0 Å². The maximum atomic E-state index is 5.52. The van der Waals surface area contributed by atoms with Crippen LogP contribution in [0, 0.1) is 17.3 Å².